The number of anilines is 4. The molecule has 162 valence electrons. The van der Waals surface area contributed by atoms with Gasteiger partial charge in [-0.15, -0.1) is 0 Å². The van der Waals surface area contributed by atoms with Crippen LogP contribution in [0.15, 0.2) is 54.6 Å². The van der Waals surface area contributed by atoms with Crippen molar-refractivity contribution in [2.75, 3.05) is 23.2 Å². The van der Waals surface area contributed by atoms with E-state index in [1.807, 2.05) is 31.2 Å². The molecule has 0 bridgehead atoms. The highest BCUT2D eigenvalue weighted by Gasteiger charge is 2.15. The van der Waals surface area contributed by atoms with Crippen molar-refractivity contribution < 1.29 is 13.9 Å². The van der Waals surface area contributed by atoms with Crippen LogP contribution in [0.4, 0.5) is 27.8 Å². The molecule has 1 atom stereocenters. The van der Waals surface area contributed by atoms with E-state index < -0.39 is 0 Å². The summed E-state index contributed by atoms with van der Waals surface area (Å²) in [7, 11) is 0. The summed E-state index contributed by atoms with van der Waals surface area (Å²) in [4.78, 5) is 8.46. The van der Waals surface area contributed by atoms with Gasteiger partial charge in [0.15, 0.2) is 17.3 Å². The Bertz CT molecular complexity index is 1260. The lowest BCUT2D eigenvalue weighted by atomic mass is 10.1. The number of halogens is 1. The molecule has 1 aliphatic heterocycles. The third kappa shape index (κ3) is 4.10. The number of H-pyrrole nitrogens is 1. The van der Waals surface area contributed by atoms with Gasteiger partial charge in [0.05, 0.1) is 5.69 Å². The van der Waals surface area contributed by atoms with Crippen LogP contribution in [0, 0.1) is 5.82 Å². The van der Waals surface area contributed by atoms with Crippen molar-refractivity contribution >= 4 is 23.4 Å². The maximum Gasteiger partial charge on any atom is 0.231 e. The zero-order valence-corrected chi connectivity index (χ0v) is 17.1. The maximum atomic E-state index is 13.2. The van der Waals surface area contributed by atoms with Crippen LogP contribution in [0.25, 0.3) is 11.3 Å². The smallest absolute Gasteiger partial charge is 0.231 e. The Labute approximate surface area is 182 Å². The monoisotopic (exact) mass is 433 g/mol. The van der Waals surface area contributed by atoms with Crippen LogP contribution >= 0.6 is 0 Å². The van der Waals surface area contributed by atoms with Crippen molar-refractivity contribution in [2.45, 2.75) is 13.0 Å². The second kappa shape index (κ2) is 8.06. The summed E-state index contributed by atoms with van der Waals surface area (Å²) >= 11 is 0. The summed E-state index contributed by atoms with van der Waals surface area (Å²) in [6, 6.07) is 15.4. The van der Waals surface area contributed by atoms with Gasteiger partial charge in [0, 0.05) is 23.7 Å². The fourth-order valence-corrected chi connectivity index (χ4v) is 3.39. The number of hydrogen-bond donors (Lipinski definition) is 4. The van der Waals surface area contributed by atoms with E-state index in [0.29, 0.717) is 23.2 Å². The normalized spacial score (nSPS) is 13.1. The van der Waals surface area contributed by atoms with E-state index in [1.54, 1.807) is 18.2 Å². The van der Waals surface area contributed by atoms with Crippen molar-refractivity contribution in [1.82, 2.24) is 20.2 Å². The van der Waals surface area contributed by atoms with E-state index in [0.717, 1.165) is 22.6 Å². The molecule has 3 heterocycles. The third-order valence-corrected chi connectivity index (χ3v) is 5.00. The van der Waals surface area contributed by atoms with Gasteiger partial charge < -0.3 is 25.8 Å². The predicted molar refractivity (Wildman–Crippen MR) is 118 cm³/mol. The summed E-state index contributed by atoms with van der Waals surface area (Å²) in [6.07, 6.45) is 0. The zero-order valence-electron chi connectivity index (χ0n) is 17.1. The average molecular weight is 433 g/mol. The van der Waals surface area contributed by atoms with E-state index in [1.165, 1.54) is 12.1 Å². The van der Waals surface area contributed by atoms with Gasteiger partial charge in [-0.25, -0.2) is 4.39 Å². The van der Waals surface area contributed by atoms with Crippen molar-refractivity contribution in [3.63, 3.8) is 0 Å². The molecule has 10 heteroatoms. The molecule has 32 heavy (non-hydrogen) atoms. The van der Waals surface area contributed by atoms with Gasteiger partial charge in [-0.2, -0.15) is 15.1 Å². The van der Waals surface area contributed by atoms with Gasteiger partial charge in [0.25, 0.3) is 0 Å². The number of aromatic amines is 1. The SMILES string of the molecule is CC(Nc1cc(Nc2cc(-c3ccc4c(c3)OCO4)[nH]n2)nc(N)n1)c1ccc(F)cc1. The number of nitrogens with two attached hydrogens (primary N) is 1. The van der Waals surface area contributed by atoms with E-state index in [-0.39, 0.29) is 24.6 Å². The second-order valence-electron chi connectivity index (χ2n) is 7.27. The van der Waals surface area contributed by atoms with Crippen LogP contribution < -0.4 is 25.8 Å². The molecule has 5 N–H and O–H groups in total. The molecular weight excluding hydrogens is 413 g/mol. The molecule has 0 aliphatic carbocycles. The molecule has 4 aromatic rings. The summed E-state index contributed by atoms with van der Waals surface area (Å²) in [5.74, 6) is 2.82. The van der Waals surface area contributed by atoms with Crippen LogP contribution in [0.3, 0.4) is 0 Å². The predicted octanol–water partition coefficient (Wildman–Crippen LogP) is 4.23. The number of fused-ring (bicyclic) bond motifs is 1. The second-order valence-corrected chi connectivity index (χ2v) is 7.27. The number of nitrogens with zero attached hydrogens (tertiary/aromatic N) is 3. The van der Waals surface area contributed by atoms with Gasteiger partial charge in [0.1, 0.15) is 17.5 Å². The van der Waals surface area contributed by atoms with E-state index in [2.05, 4.69) is 30.8 Å². The van der Waals surface area contributed by atoms with Crippen LogP contribution in [-0.4, -0.2) is 27.0 Å². The van der Waals surface area contributed by atoms with Crippen molar-refractivity contribution in [1.29, 1.82) is 0 Å². The lowest BCUT2D eigenvalue weighted by Gasteiger charge is -2.16. The Balaban J connectivity index is 1.32. The number of benzene rings is 2. The number of aromatic nitrogens is 4. The number of nitrogens with one attached hydrogen (secondary N) is 3. The Morgan fingerprint density at radius 3 is 2.59 bits per heavy atom. The molecule has 2 aromatic heterocycles. The fourth-order valence-electron chi connectivity index (χ4n) is 3.39. The van der Waals surface area contributed by atoms with Crippen molar-refractivity contribution in [3.8, 4) is 22.8 Å². The molecule has 0 saturated carbocycles. The highest BCUT2D eigenvalue weighted by molar-refractivity contribution is 5.68. The van der Waals surface area contributed by atoms with Crippen molar-refractivity contribution in [3.05, 3.63) is 66.0 Å². The van der Waals surface area contributed by atoms with Gasteiger partial charge >= 0.3 is 0 Å². The van der Waals surface area contributed by atoms with Gasteiger partial charge in [-0.05, 0) is 42.8 Å². The lowest BCUT2D eigenvalue weighted by molar-refractivity contribution is 0.174. The van der Waals surface area contributed by atoms with Crippen LogP contribution in [0.1, 0.15) is 18.5 Å². The number of nitrogen functional groups attached to an aromatic ring is 1. The van der Waals surface area contributed by atoms with Gasteiger partial charge in [-0.3, -0.25) is 5.10 Å². The third-order valence-electron chi connectivity index (χ3n) is 5.00. The lowest BCUT2D eigenvalue weighted by Crippen LogP contribution is -2.10. The standard InChI is InChI=1S/C22H20FN7O2/c1-12(13-2-5-15(23)6-3-13)25-19-10-20(28-22(24)27-19)26-21-9-16(29-30-21)14-4-7-17-18(8-14)32-11-31-17/h2-10,12H,11H2,1H3,(H5,24,25,26,27,28,29,30). The van der Waals surface area contributed by atoms with Crippen LogP contribution in [0.5, 0.6) is 11.5 Å². The molecule has 0 radical (unpaired) electrons. The zero-order chi connectivity index (χ0) is 22.1. The Hall–Kier alpha value is -4.34. The molecule has 0 amide bonds. The van der Waals surface area contributed by atoms with Gasteiger partial charge in [-0.1, -0.05) is 12.1 Å². The van der Waals surface area contributed by atoms with E-state index in [9.17, 15) is 4.39 Å². The first-order valence-electron chi connectivity index (χ1n) is 9.92. The number of hydrogen-bond acceptors (Lipinski definition) is 8. The minimum Gasteiger partial charge on any atom is -0.454 e. The highest BCUT2D eigenvalue weighted by atomic mass is 19.1. The molecule has 1 unspecified atom stereocenters. The van der Waals surface area contributed by atoms with Crippen LogP contribution in [0.2, 0.25) is 0 Å². The quantitative estimate of drug-likeness (QED) is 0.356. The van der Waals surface area contributed by atoms with E-state index in [4.69, 9.17) is 15.2 Å². The summed E-state index contributed by atoms with van der Waals surface area (Å²) in [5.41, 5.74) is 8.52. The summed E-state index contributed by atoms with van der Waals surface area (Å²) in [6.45, 7) is 2.17. The number of ether oxygens (including phenoxy) is 2. The first-order chi connectivity index (χ1) is 15.5. The molecule has 9 nitrogen and oxygen atoms in total. The van der Waals surface area contributed by atoms with Crippen LogP contribution in [-0.2, 0) is 0 Å². The Morgan fingerprint density at radius 1 is 0.969 bits per heavy atom. The maximum absolute atomic E-state index is 13.2. The first kappa shape index (κ1) is 19.6. The Morgan fingerprint density at radius 2 is 1.75 bits per heavy atom. The minimum absolute atomic E-state index is 0.107. The van der Waals surface area contributed by atoms with Crippen molar-refractivity contribution in [2.24, 2.45) is 0 Å². The Kier molecular flexibility index (Phi) is 4.94. The van der Waals surface area contributed by atoms with Gasteiger partial charge in [0.2, 0.25) is 12.7 Å². The first-order valence-corrected chi connectivity index (χ1v) is 9.92. The molecule has 0 saturated heterocycles. The molecule has 5 rings (SSSR count). The topological polar surface area (TPSA) is 123 Å². The highest BCUT2D eigenvalue weighted by Crippen LogP contribution is 2.36. The average Bonchev–Trinajstić information content (AvgIpc) is 3.42. The minimum atomic E-state index is -0.280. The molecule has 1 aliphatic rings. The van der Waals surface area contributed by atoms with E-state index >= 15 is 0 Å². The molecular formula is C22H20FN7O2. The summed E-state index contributed by atoms with van der Waals surface area (Å²) in [5, 5.41) is 13.7. The summed E-state index contributed by atoms with van der Waals surface area (Å²) < 4.78 is 24.0. The molecule has 2 aromatic carbocycles. The molecule has 0 fully saturated rings. The molecule has 0 spiro atoms. The largest absolute Gasteiger partial charge is 0.454 e. The fraction of sp³-hybridized carbons (Fsp3) is 0.136. The number of rotatable bonds is 6.